The summed E-state index contributed by atoms with van der Waals surface area (Å²) < 4.78 is 5.15. The van der Waals surface area contributed by atoms with Gasteiger partial charge >= 0.3 is 0 Å². The minimum Gasteiger partial charge on any atom is -0.465 e. The highest BCUT2D eigenvalue weighted by Crippen LogP contribution is 2.22. The zero-order chi connectivity index (χ0) is 21.5. The Hall–Kier alpha value is -4.45. The van der Waals surface area contributed by atoms with Crippen LogP contribution in [0, 0.1) is 0 Å². The van der Waals surface area contributed by atoms with Gasteiger partial charge in [0.05, 0.1) is 18.2 Å². The van der Waals surface area contributed by atoms with Gasteiger partial charge in [0.15, 0.2) is 5.78 Å². The van der Waals surface area contributed by atoms with E-state index in [1.807, 2.05) is 30.3 Å². The Labute approximate surface area is 178 Å². The first-order valence-electron chi connectivity index (χ1n) is 9.63. The molecule has 0 aliphatic heterocycles. The molecule has 0 fully saturated rings. The Morgan fingerprint density at radius 3 is 2.61 bits per heavy atom. The van der Waals surface area contributed by atoms with Crippen molar-refractivity contribution in [2.75, 3.05) is 5.32 Å². The number of carbonyl (C=O) groups excluding carboxylic acids is 2. The molecule has 0 aliphatic rings. The number of aromatic amines is 1. The number of hydrogen-bond donors (Lipinski definition) is 2. The van der Waals surface area contributed by atoms with Crippen molar-refractivity contribution in [3.05, 3.63) is 108 Å². The van der Waals surface area contributed by atoms with E-state index in [0.717, 1.165) is 16.8 Å². The Morgan fingerprint density at radius 2 is 1.81 bits per heavy atom. The predicted octanol–water partition coefficient (Wildman–Crippen LogP) is 5.22. The molecule has 0 saturated heterocycles. The maximum atomic E-state index is 12.7. The van der Waals surface area contributed by atoms with Crippen molar-refractivity contribution >= 4 is 29.5 Å². The van der Waals surface area contributed by atoms with Crippen molar-refractivity contribution in [1.82, 2.24) is 10.2 Å². The molecule has 2 heterocycles. The van der Waals surface area contributed by atoms with E-state index in [2.05, 4.69) is 15.5 Å². The summed E-state index contributed by atoms with van der Waals surface area (Å²) in [6.07, 6.45) is 9.38. The summed E-state index contributed by atoms with van der Waals surface area (Å²) >= 11 is 0. The molecule has 4 aromatic rings. The number of H-pyrrole nitrogens is 1. The van der Waals surface area contributed by atoms with Crippen LogP contribution in [-0.2, 0) is 4.79 Å². The third-order valence-electron chi connectivity index (χ3n) is 4.50. The van der Waals surface area contributed by atoms with Gasteiger partial charge in [-0.1, -0.05) is 42.5 Å². The highest BCUT2D eigenvalue weighted by molar-refractivity contribution is 6.08. The van der Waals surface area contributed by atoms with Crippen LogP contribution in [0.15, 0.2) is 95.8 Å². The lowest BCUT2D eigenvalue weighted by Crippen LogP contribution is -2.08. The number of hydrogen-bond acceptors (Lipinski definition) is 4. The Kier molecular flexibility index (Phi) is 6.00. The molecule has 0 radical (unpaired) electrons. The molecular weight excluding hydrogens is 390 g/mol. The molecule has 0 unspecified atom stereocenters. The molecule has 0 spiro atoms. The molecule has 2 N–H and O–H groups in total. The van der Waals surface area contributed by atoms with Gasteiger partial charge in [-0.2, -0.15) is 5.10 Å². The quantitative estimate of drug-likeness (QED) is 0.324. The van der Waals surface area contributed by atoms with Gasteiger partial charge in [0.25, 0.3) is 0 Å². The molecule has 0 atom stereocenters. The van der Waals surface area contributed by atoms with E-state index >= 15 is 0 Å². The first kappa shape index (κ1) is 19.8. The maximum absolute atomic E-state index is 12.7. The average Bonchev–Trinajstić information content (AvgIpc) is 3.49. The molecule has 0 aliphatic carbocycles. The topological polar surface area (TPSA) is 88.0 Å². The number of amides is 1. The molecule has 0 bridgehead atoms. The summed E-state index contributed by atoms with van der Waals surface area (Å²) in [5.41, 5.74) is 3.64. The van der Waals surface area contributed by atoms with E-state index in [4.69, 9.17) is 4.42 Å². The number of benzene rings is 2. The summed E-state index contributed by atoms with van der Waals surface area (Å²) in [5.74, 6) is 0.0863. The van der Waals surface area contributed by atoms with E-state index in [-0.39, 0.29) is 11.7 Å². The summed E-state index contributed by atoms with van der Waals surface area (Å²) in [7, 11) is 0. The lowest BCUT2D eigenvalue weighted by molar-refractivity contribution is -0.111. The smallest absolute Gasteiger partial charge is 0.248 e. The normalized spacial score (nSPS) is 11.2. The monoisotopic (exact) mass is 409 g/mol. The number of nitrogens with zero attached hydrogens (tertiary/aromatic N) is 1. The van der Waals surface area contributed by atoms with Gasteiger partial charge in [-0.3, -0.25) is 14.7 Å². The van der Waals surface area contributed by atoms with Gasteiger partial charge in [-0.15, -0.1) is 0 Å². The number of ketones is 1. The van der Waals surface area contributed by atoms with Gasteiger partial charge in [0.1, 0.15) is 5.76 Å². The Morgan fingerprint density at radius 1 is 0.935 bits per heavy atom. The first-order valence-corrected chi connectivity index (χ1v) is 9.63. The number of furan rings is 1. The molecule has 2 aromatic carbocycles. The zero-order valence-electron chi connectivity index (χ0n) is 16.5. The van der Waals surface area contributed by atoms with Crippen LogP contribution >= 0.6 is 0 Å². The van der Waals surface area contributed by atoms with Gasteiger partial charge in [-0.25, -0.2) is 0 Å². The number of rotatable bonds is 7. The minimum absolute atomic E-state index is 0.178. The lowest BCUT2D eigenvalue weighted by Gasteiger charge is -2.04. The Balaban J connectivity index is 1.44. The number of anilines is 1. The van der Waals surface area contributed by atoms with Crippen LogP contribution in [-0.4, -0.2) is 21.9 Å². The van der Waals surface area contributed by atoms with Gasteiger partial charge < -0.3 is 9.73 Å². The molecule has 0 saturated carbocycles. The summed E-state index contributed by atoms with van der Waals surface area (Å²) in [6, 6.07) is 20.0. The van der Waals surface area contributed by atoms with E-state index in [1.54, 1.807) is 54.7 Å². The second-order valence-corrected chi connectivity index (χ2v) is 6.68. The van der Waals surface area contributed by atoms with Crippen LogP contribution in [0.2, 0.25) is 0 Å². The fourth-order valence-corrected chi connectivity index (χ4v) is 3.00. The van der Waals surface area contributed by atoms with Crippen molar-refractivity contribution in [3.8, 4) is 11.3 Å². The van der Waals surface area contributed by atoms with E-state index in [9.17, 15) is 9.59 Å². The van der Waals surface area contributed by atoms with Gasteiger partial charge in [-0.05, 0) is 42.5 Å². The highest BCUT2D eigenvalue weighted by atomic mass is 16.3. The van der Waals surface area contributed by atoms with E-state index in [1.165, 1.54) is 18.4 Å². The molecule has 31 heavy (non-hydrogen) atoms. The summed E-state index contributed by atoms with van der Waals surface area (Å²) in [4.78, 5) is 24.7. The standard InChI is InChI=1S/C25H19N3O3/c29-23(13-11-20-17-26-28-25(20)18-6-2-1-3-7-18)19-8-4-9-21(16-19)27-24(30)14-12-22-10-5-15-31-22/h1-17H,(H,26,28)(H,27,30)/b13-11+,14-12+. The van der Waals surface area contributed by atoms with Gasteiger partial charge in [0, 0.05) is 28.5 Å². The van der Waals surface area contributed by atoms with Crippen molar-refractivity contribution in [1.29, 1.82) is 0 Å². The molecule has 6 heteroatoms. The van der Waals surface area contributed by atoms with Crippen molar-refractivity contribution in [2.45, 2.75) is 0 Å². The number of allylic oxidation sites excluding steroid dienone is 1. The SMILES string of the molecule is O=C(/C=C/c1ccco1)Nc1cccc(C(=O)/C=C/c2cn[nH]c2-c2ccccc2)c1. The second-order valence-electron chi connectivity index (χ2n) is 6.68. The minimum atomic E-state index is -0.317. The van der Waals surface area contributed by atoms with Crippen LogP contribution in [0.1, 0.15) is 21.7 Å². The predicted molar refractivity (Wildman–Crippen MR) is 120 cm³/mol. The van der Waals surface area contributed by atoms with Crippen LogP contribution in [0.5, 0.6) is 0 Å². The van der Waals surface area contributed by atoms with Crippen LogP contribution in [0.4, 0.5) is 5.69 Å². The van der Waals surface area contributed by atoms with Crippen LogP contribution in [0.3, 0.4) is 0 Å². The van der Waals surface area contributed by atoms with Crippen LogP contribution in [0.25, 0.3) is 23.4 Å². The van der Waals surface area contributed by atoms with Crippen molar-refractivity contribution in [2.24, 2.45) is 0 Å². The molecule has 1 amide bonds. The fourth-order valence-electron chi connectivity index (χ4n) is 3.00. The number of carbonyl (C=O) groups is 2. The Bertz CT molecular complexity index is 1240. The van der Waals surface area contributed by atoms with Gasteiger partial charge in [0.2, 0.25) is 5.91 Å². The fraction of sp³-hybridized carbons (Fsp3) is 0. The molecule has 152 valence electrons. The van der Waals surface area contributed by atoms with Crippen molar-refractivity contribution < 1.29 is 14.0 Å². The highest BCUT2D eigenvalue weighted by Gasteiger charge is 2.08. The third-order valence-corrected chi connectivity index (χ3v) is 4.50. The molecule has 2 aromatic heterocycles. The number of aromatic nitrogens is 2. The largest absolute Gasteiger partial charge is 0.465 e. The van der Waals surface area contributed by atoms with Crippen LogP contribution < -0.4 is 5.32 Å². The number of nitrogens with one attached hydrogen (secondary N) is 2. The lowest BCUT2D eigenvalue weighted by atomic mass is 10.1. The maximum Gasteiger partial charge on any atom is 0.248 e. The van der Waals surface area contributed by atoms with E-state index < -0.39 is 0 Å². The summed E-state index contributed by atoms with van der Waals surface area (Å²) in [6.45, 7) is 0. The molecule has 6 nitrogen and oxygen atoms in total. The van der Waals surface area contributed by atoms with Crippen molar-refractivity contribution in [3.63, 3.8) is 0 Å². The first-order chi connectivity index (χ1) is 15.2. The molecule has 4 rings (SSSR count). The second kappa shape index (κ2) is 9.37. The summed E-state index contributed by atoms with van der Waals surface area (Å²) in [5, 5.41) is 9.79. The van der Waals surface area contributed by atoms with E-state index in [0.29, 0.717) is 17.0 Å². The molecular formula is C25H19N3O3. The third kappa shape index (κ3) is 5.13. The average molecular weight is 409 g/mol. The zero-order valence-corrected chi connectivity index (χ0v) is 16.5.